The number of hydrogen-bond acceptors (Lipinski definition) is 9. The van der Waals surface area contributed by atoms with Gasteiger partial charge in [-0.1, -0.05) is 0 Å². The molecule has 0 radical (unpaired) electrons. The predicted octanol–water partition coefficient (Wildman–Crippen LogP) is 1.17. The molecule has 0 unspecified atom stereocenters. The maximum absolute atomic E-state index is 5.77. The van der Waals surface area contributed by atoms with Crippen molar-refractivity contribution in [1.29, 1.82) is 0 Å². The Morgan fingerprint density at radius 2 is 1.73 bits per heavy atom. The summed E-state index contributed by atoms with van der Waals surface area (Å²) in [5.74, 6) is 0.538. The van der Waals surface area contributed by atoms with Gasteiger partial charge in [-0.3, -0.25) is 0 Å². The van der Waals surface area contributed by atoms with Crippen molar-refractivity contribution in [2.24, 2.45) is 10.2 Å². The largest absolute Gasteiger partial charge is 0.378 e. The van der Waals surface area contributed by atoms with E-state index in [9.17, 15) is 0 Å². The zero-order valence-corrected chi connectivity index (χ0v) is 12.0. The second-order valence-corrected chi connectivity index (χ2v) is 4.69. The van der Waals surface area contributed by atoms with Gasteiger partial charge in [0.05, 0.1) is 5.69 Å². The molecule has 4 N–H and O–H groups in total. The molecule has 0 amide bonds. The second-order valence-electron chi connectivity index (χ2n) is 4.69. The molecule has 0 bridgehead atoms. The third-order valence-corrected chi connectivity index (χ3v) is 2.92. The average Bonchev–Trinajstić information content (AvgIpc) is 2.88. The van der Waals surface area contributed by atoms with Gasteiger partial charge in [0.2, 0.25) is 11.9 Å². The third-order valence-electron chi connectivity index (χ3n) is 2.92. The summed E-state index contributed by atoms with van der Waals surface area (Å²) in [6.45, 7) is 0. The fraction of sp³-hybridized carbons (Fsp3) is 0.167. The lowest BCUT2D eigenvalue weighted by Gasteiger charge is -2.11. The molecule has 0 atom stereocenters. The van der Waals surface area contributed by atoms with Crippen LogP contribution in [0.25, 0.3) is 5.78 Å². The third kappa shape index (κ3) is 2.49. The molecule has 0 aliphatic rings. The summed E-state index contributed by atoms with van der Waals surface area (Å²) < 4.78 is 1.37. The molecular weight excluding hydrogens is 284 g/mol. The number of rotatable bonds is 3. The van der Waals surface area contributed by atoms with Gasteiger partial charge in [-0.15, -0.1) is 20.4 Å². The Bertz CT molecular complexity index is 833. The van der Waals surface area contributed by atoms with Crippen LogP contribution in [-0.4, -0.2) is 38.7 Å². The Balaban J connectivity index is 1.92. The van der Waals surface area contributed by atoms with Crippen LogP contribution in [0.5, 0.6) is 0 Å². The van der Waals surface area contributed by atoms with Gasteiger partial charge in [-0.25, -0.2) is 4.40 Å². The summed E-state index contributed by atoms with van der Waals surface area (Å²) >= 11 is 0. The molecule has 112 valence electrons. The number of aromatic nitrogens is 5. The number of anilines is 3. The second kappa shape index (κ2) is 5.24. The Morgan fingerprint density at radius 1 is 1.00 bits per heavy atom. The molecule has 22 heavy (non-hydrogen) atoms. The Labute approximate surface area is 125 Å². The highest BCUT2D eigenvalue weighted by Gasteiger charge is 2.10. The number of fused-ring (bicyclic) bond motifs is 1. The summed E-state index contributed by atoms with van der Waals surface area (Å²) in [5, 5.41) is 15.8. The fourth-order valence-corrected chi connectivity index (χ4v) is 1.83. The van der Waals surface area contributed by atoms with Crippen LogP contribution in [0.4, 0.5) is 29.2 Å². The summed E-state index contributed by atoms with van der Waals surface area (Å²) in [5.41, 5.74) is 13.0. The molecular formula is C12H14N10. The van der Waals surface area contributed by atoms with Gasteiger partial charge in [0.25, 0.3) is 11.7 Å². The van der Waals surface area contributed by atoms with Crippen LogP contribution in [0.2, 0.25) is 0 Å². The van der Waals surface area contributed by atoms with Gasteiger partial charge >= 0.3 is 0 Å². The summed E-state index contributed by atoms with van der Waals surface area (Å²) in [4.78, 5) is 9.75. The highest BCUT2D eigenvalue weighted by atomic mass is 15.4. The molecule has 10 nitrogen and oxygen atoms in total. The van der Waals surface area contributed by atoms with E-state index in [-0.39, 0.29) is 23.6 Å². The summed E-state index contributed by atoms with van der Waals surface area (Å²) in [6, 6.07) is 7.57. The molecule has 0 saturated carbocycles. The molecule has 0 fully saturated rings. The SMILES string of the molecule is CN(C)c1ccc(N=Nc2nnc3nc(N)nc(N)n23)cc1. The number of azo groups is 1. The van der Waals surface area contributed by atoms with Crippen molar-refractivity contribution in [2.75, 3.05) is 30.5 Å². The van der Waals surface area contributed by atoms with Gasteiger partial charge < -0.3 is 16.4 Å². The molecule has 0 aliphatic carbocycles. The van der Waals surface area contributed by atoms with Crippen molar-refractivity contribution in [3.8, 4) is 0 Å². The van der Waals surface area contributed by atoms with Crippen molar-refractivity contribution < 1.29 is 0 Å². The minimum Gasteiger partial charge on any atom is -0.378 e. The van der Waals surface area contributed by atoms with Crippen molar-refractivity contribution in [3.05, 3.63) is 24.3 Å². The van der Waals surface area contributed by atoms with E-state index in [1.165, 1.54) is 4.40 Å². The lowest BCUT2D eigenvalue weighted by Crippen LogP contribution is -2.07. The van der Waals surface area contributed by atoms with Crippen LogP contribution < -0.4 is 16.4 Å². The number of nitrogens with zero attached hydrogens (tertiary/aromatic N) is 8. The first-order chi connectivity index (χ1) is 10.5. The number of nitrogens with two attached hydrogens (primary N) is 2. The zero-order chi connectivity index (χ0) is 15.7. The number of hydrogen-bond donors (Lipinski definition) is 2. The van der Waals surface area contributed by atoms with E-state index >= 15 is 0 Å². The van der Waals surface area contributed by atoms with Crippen LogP contribution in [-0.2, 0) is 0 Å². The predicted molar refractivity (Wildman–Crippen MR) is 82.3 cm³/mol. The molecule has 10 heteroatoms. The standard InChI is InChI=1S/C12H14N10/c1-21(2)8-5-3-7(4-6-8)17-19-12-20-18-11-16-9(13)15-10(14)22(11)12/h3-6H,1-2H3,(H4,13,14,15,16,18). The zero-order valence-electron chi connectivity index (χ0n) is 12.0. The van der Waals surface area contributed by atoms with E-state index in [4.69, 9.17) is 11.5 Å². The lowest BCUT2D eigenvalue weighted by molar-refractivity contribution is 1.01. The van der Waals surface area contributed by atoms with Crippen LogP contribution in [0.1, 0.15) is 0 Å². The highest BCUT2D eigenvalue weighted by Crippen LogP contribution is 2.21. The van der Waals surface area contributed by atoms with E-state index in [1.807, 2.05) is 43.3 Å². The smallest absolute Gasteiger partial charge is 0.278 e. The van der Waals surface area contributed by atoms with E-state index in [2.05, 4.69) is 30.4 Å². The first kappa shape index (κ1) is 13.7. The van der Waals surface area contributed by atoms with E-state index < -0.39 is 0 Å². The molecule has 3 rings (SSSR count). The molecule has 2 heterocycles. The van der Waals surface area contributed by atoms with E-state index in [0.717, 1.165) is 5.69 Å². The van der Waals surface area contributed by atoms with Gasteiger partial charge in [0.1, 0.15) is 0 Å². The van der Waals surface area contributed by atoms with Crippen LogP contribution in [0, 0.1) is 0 Å². The maximum atomic E-state index is 5.77. The van der Waals surface area contributed by atoms with Gasteiger partial charge in [-0.2, -0.15) is 9.97 Å². The monoisotopic (exact) mass is 298 g/mol. The lowest BCUT2D eigenvalue weighted by atomic mass is 10.3. The Morgan fingerprint density at radius 3 is 2.41 bits per heavy atom. The minimum absolute atomic E-state index is 0.0279. The van der Waals surface area contributed by atoms with Crippen molar-refractivity contribution in [1.82, 2.24) is 24.6 Å². The van der Waals surface area contributed by atoms with Crippen LogP contribution >= 0.6 is 0 Å². The quantitative estimate of drug-likeness (QED) is 0.692. The number of nitrogen functional groups attached to an aromatic ring is 2. The minimum atomic E-state index is 0.0279. The van der Waals surface area contributed by atoms with Crippen LogP contribution in [0.3, 0.4) is 0 Å². The molecule has 0 spiro atoms. The Hall–Kier alpha value is -3.30. The van der Waals surface area contributed by atoms with E-state index in [1.54, 1.807) is 0 Å². The molecule has 3 aromatic rings. The van der Waals surface area contributed by atoms with E-state index in [0.29, 0.717) is 5.69 Å². The maximum Gasteiger partial charge on any atom is 0.278 e. The van der Waals surface area contributed by atoms with Crippen molar-refractivity contribution in [3.63, 3.8) is 0 Å². The van der Waals surface area contributed by atoms with Crippen molar-refractivity contribution >= 4 is 35.0 Å². The van der Waals surface area contributed by atoms with Gasteiger partial charge in [-0.05, 0) is 24.3 Å². The average molecular weight is 298 g/mol. The van der Waals surface area contributed by atoms with Gasteiger partial charge in [0, 0.05) is 19.8 Å². The number of benzene rings is 1. The Kier molecular flexibility index (Phi) is 3.26. The van der Waals surface area contributed by atoms with Crippen molar-refractivity contribution in [2.45, 2.75) is 0 Å². The summed E-state index contributed by atoms with van der Waals surface area (Å²) in [6.07, 6.45) is 0. The molecule has 0 aliphatic heterocycles. The topological polar surface area (TPSA) is 136 Å². The highest BCUT2D eigenvalue weighted by molar-refractivity contribution is 5.52. The fourth-order valence-electron chi connectivity index (χ4n) is 1.83. The normalized spacial score (nSPS) is 11.4. The molecule has 2 aromatic heterocycles. The molecule has 0 saturated heterocycles. The molecule has 1 aromatic carbocycles. The first-order valence-corrected chi connectivity index (χ1v) is 6.38. The van der Waals surface area contributed by atoms with Crippen LogP contribution in [0.15, 0.2) is 34.5 Å². The van der Waals surface area contributed by atoms with Gasteiger partial charge in [0.15, 0.2) is 0 Å². The summed E-state index contributed by atoms with van der Waals surface area (Å²) in [7, 11) is 3.93. The first-order valence-electron chi connectivity index (χ1n) is 6.38.